The van der Waals surface area contributed by atoms with Crippen molar-refractivity contribution in [1.29, 1.82) is 10.5 Å². The number of allylic oxidation sites excluding steroid dienone is 1. The summed E-state index contributed by atoms with van der Waals surface area (Å²) < 4.78 is 1.98. The zero-order chi connectivity index (χ0) is 20.2. The number of hydrazone groups is 1. The van der Waals surface area contributed by atoms with E-state index in [1.165, 1.54) is 0 Å². The van der Waals surface area contributed by atoms with Gasteiger partial charge in [0.15, 0.2) is 0 Å². The van der Waals surface area contributed by atoms with Crippen molar-refractivity contribution in [2.24, 2.45) is 16.8 Å². The van der Waals surface area contributed by atoms with Gasteiger partial charge >= 0.3 is 0 Å². The monoisotopic (exact) mass is 378 g/mol. The highest BCUT2D eigenvalue weighted by Gasteiger charge is 2.37. The summed E-state index contributed by atoms with van der Waals surface area (Å²) in [5, 5.41) is 25.7. The molecular formula is C23H18N6. The fourth-order valence-corrected chi connectivity index (χ4v) is 3.36. The Balaban J connectivity index is 1.76. The molecule has 140 valence electrons. The maximum absolute atomic E-state index is 9.83. The third-order valence-corrected chi connectivity index (χ3v) is 4.80. The molecule has 0 saturated heterocycles. The van der Waals surface area contributed by atoms with Crippen LogP contribution in [0.1, 0.15) is 5.69 Å². The molecular weight excluding hydrogens is 360 g/mol. The number of hydrogen-bond donors (Lipinski definition) is 1. The van der Waals surface area contributed by atoms with E-state index in [0.717, 1.165) is 17.1 Å². The fraction of sp³-hybridized carbons (Fsp3) is 0.0870. The summed E-state index contributed by atoms with van der Waals surface area (Å²) in [5.41, 5.74) is 9.57. The van der Waals surface area contributed by atoms with Crippen LogP contribution in [0.2, 0.25) is 0 Å². The van der Waals surface area contributed by atoms with Gasteiger partial charge in [-0.05, 0) is 42.5 Å². The number of para-hydroxylation sites is 2. The first kappa shape index (κ1) is 18.2. The van der Waals surface area contributed by atoms with E-state index >= 15 is 0 Å². The molecule has 0 fully saturated rings. The van der Waals surface area contributed by atoms with Gasteiger partial charge in [0.1, 0.15) is 18.2 Å². The molecule has 0 aliphatic carbocycles. The van der Waals surface area contributed by atoms with Crippen molar-refractivity contribution in [3.63, 3.8) is 0 Å². The van der Waals surface area contributed by atoms with Crippen LogP contribution in [-0.4, -0.2) is 16.4 Å². The lowest BCUT2D eigenvalue weighted by Crippen LogP contribution is -2.40. The number of anilines is 1. The summed E-state index contributed by atoms with van der Waals surface area (Å²) in [7, 11) is 0. The van der Waals surface area contributed by atoms with Gasteiger partial charge < -0.3 is 10.3 Å². The van der Waals surface area contributed by atoms with Crippen LogP contribution in [0.5, 0.6) is 0 Å². The second kappa shape index (κ2) is 7.85. The number of rotatable bonds is 4. The molecule has 4 rings (SSSR count). The van der Waals surface area contributed by atoms with Crippen LogP contribution < -0.4 is 10.7 Å². The highest BCUT2D eigenvalue weighted by Crippen LogP contribution is 2.29. The van der Waals surface area contributed by atoms with Crippen molar-refractivity contribution in [2.75, 3.05) is 5.01 Å². The molecule has 6 nitrogen and oxygen atoms in total. The summed E-state index contributed by atoms with van der Waals surface area (Å²) in [5.74, 6) is -0.707. The lowest BCUT2D eigenvalue weighted by Gasteiger charge is -2.21. The Morgan fingerprint density at radius 1 is 0.931 bits per heavy atom. The first-order chi connectivity index (χ1) is 14.2. The topological polar surface area (TPSA) is 94.1 Å². The second-order valence-electron chi connectivity index (χ2n) is 6.57. The Bertz CT molecular complexity index is 1150. The zero-order valence-corrected chi connectivity index (χ0v) is 15.6. The lowest BCUT2D eigenvalue weighted by molar-refractivity contribution is 0.624. The maximum Gasteiger partial charge on any atom is 0.127 e. The molecule has 1 aromatic heterocycles. The number of hydrogen-bond acceptors (Lipinski definition) is 5. The third-order valence-electron chi connectivity index (χ3n) is 4.80. The molecule has 2 atom stereocenters. The zero-order valence-electron chi connectivity index (χ0n) is 15.6. The molecule has 29 heavy (non-hydrogen) atoms. The SMILES string of the molecule is N#C/C(=C/c1cccn1-c1ccccc1)C1=NN(c2ccccc2)[C@H](N)[C@@H]1C#N. The quantitative estimate of drug-likeness (QED) is 0.701. The maximum atomic E-state index is 9.83. The summed E-state index contributed by atoms with van der Waals surface area (Å²) in [6.45, 7) is 0. The average Bonchev–Trinajstić information content (AvgIpc) is 3.37. The number of benzene rings is 2. The minimum atomic E-state index is -0.707. The van der Waals surface area contributed by atoms with Crippen molar-refractivity contribution in [1.82, 2.24) is 4.57 Å². The van der Waals surface area contributed by atoms with Crippen molar-refractivity contribution in [3.05, 3.63) is 90.3 Å². The van der Waals surface area contributed by atoms with Crippen LogP contribution in [0.4, 0.5) is 5.69 Å². The molecule has 2 aromatic carbocycles. The number of nitriles is 2. The van der Waals surface area contributed by atoms with Gasteiger partial charge in [-0.3, -0.25) is 0 Å². The van der Waals surface area contributed by atoms with Crippen LogP contribution >= 0.6 is 0 Å². The molecule has 2 N–H and O–H groups in total. The Morgan fingerprint density at radius 3 is 2.21 bits per heavy atom. The largest absolute Gasteiger partial charge is 0.317 e. The minimum Gasteiger partial charge on any atom is -0.317 e. The van der Waals surface area contributed by atoms with Crippen molar-refractivity contribution in [3.8, 4) is 17.8 Å². The van der Waals surface area contributed by atoms with Crippen LogP contribution in [0.15, 0.2) is 89.7 Å². The van der Waals surface area contributed by atoms with E-state index in [1.54, 1.807) is 11.1 Å². The van der Waals surface area contributed by atoms with Gasteiger partial charge in [0.05, 0.1) is 23.0 Å². The molecule has 0 amide bonds. The van der Waals surface area contributed by atoms with Gasteiger partial charge in [-0.15, -0.1) is 0 Å². The second-order valence-corrected chi connectivity index (χ2v) is 6.57. The Kier molecular flexibility index (Phi) is 4.94. The van der Waals surface area contributed by atoms with Crippen molar-refractivity contribution >= 4 is 17.5 Å². The van der Waals surface area contributed by atoms with Crippen molar-refractivity contribution in [2.45, 2.75) is 6.17 Å². The van der Waals surface area contributed by atoms with Gasteiger partial charge in [0.2, 0.25) is 0 Å². The van der Waals surface area contributed by atoms with E-state index in [-0.39, 0.29) is 0 Å². The van der Waals surface area contributed by atoms with E-state index in [1.807, 2.05) is 83.6 Å². The first-order valence-corrected chi connectivity index (χ1v) is 9.16. The molecule has 0 radical (unpaired) electrons. The summed E-state index contributed by atoms with van der Waals surface area (Å²) >= 11 is 0. The fourth-order valence-electron chi connectivity index (χ4n) is 3.36. The van der Waals surface area contributed by atoms with Gasteiger partial charge in [0.25, 0.3) is 0 Å². The van der Waals surface area contributed by atoms with E-state index in [9.17, 15) is 10.5 Å². The molecule has 6 heteroatoms. The average molecular weight is 378 g/mol. The van der Waals surface area contributed by atoms with Gasteiger partial charge in [-0.25, -0.2) is 5.01 Å². The predicted octanol–water partition coefficient (Wildman–Crippen LogP) is 3.69. The smallest absolute Gasteiger partial charge is 0.127 e. The van der Waals surface area contributed by atoms with Gasteiger partial charge in [0, 0.05) is 17.6 Å². The lowest BCUT2D eigenvalue weighted by atomic mass is 9.96. The third kappa shape index (κ3) is 3.41. The Morgan fingerprint density at radius 2 is 1.59 bits per heavy atom. The first-order valence-electron chi connectivity index (χ1n) is 9.16. The van der Waals surface area contributed by atoms with E-state index < -0.39 is 12.1 Å². The van der Waals surface area contributed by atoms with Gasteiger partial charge in [-0.1, -0.05) is 36.4 Å². The van der Waals surface area contributed by atoms with Crippen LogP contribution in [0.25, 0.3) is 11.8 Å². The number of nitrogens with two attached hydrogens (primary N) is 1. The summed E-state index contributed by atoms with van der Waals surface area (Å²) in [6.07, 6.45) is 3.02. The highest BCUT2D eigenvalue weighted by atomic mass is 15.5. The number of nitrogens with zero attached hydrogens (tertiary/aromatic N) is 5. The predicted molar refractivity (Wildman–Crippen MR) is 113 cm³/mol. The number of aromatic nitrogens is 1. The summed E-state index contributed by atoms with van der Waals surface area (Å²) in [4.78, 5) is 0. The molecule has 0 saturated carbocycles. The molecule has 2 heterocycles. The molecule has 0 spiro atoms. The molecule has 0 unspecified atom stereocenters. The normalized spacial score (nSPS) is 18.8. The van der Waals surface area contributed by atoms with Crippen molar-refractivity contribution < 1.29 is 0 Å². The highest BCUT2D eigenvalue weighted by molar-refractivity contribution is 6.11. The standard InChI is InChI=1S/C23H18N6/c24-15-17(14-20-12-7-13-28(20)18-8-3-1-4-9-18)22-21(16-25)23(26)29(27-22)19-10-5-2-6-11-19/h1-14,21,23H,26H2/b17-14-/t21-,23+/m1/s1. The van der Waals surface area contributed by atoms with Crippen LogP contribution in [0.3, 0.4) is 0 Å². The molecule has 0 bridgehead atoms. The van der Waals surface area contributed by atoms with Gasteiger partial charge in [-0.2, -0.15) is 15.6 Å². The minimum absolute atomic E-state index is 0.321. The van der Waals surface area contributed by atoms with E-state index in [2.05, 4.69) is 17.2 Å². The van der Waals surface area contributed by atoms with E-state index in [0.29, 0.717) is 11.3 Å². The Labute approximate surface area is 169 Å². The summed E-state index contributed by atoms with van der Waals surface area (Å²) in [6, 6.07) is 27.5. The van der Waals surface area contributed by atoms with Crippen LogP contribution in [0, 0.1) is 28.6 Å². The van der Waals surface area contributed by atoms with Crippen LogP contribution in [-0.2, 0) is 0 Å². The Hall–Kier alpha value is -4.13. The molecule has 1 aliphatic rings. The van der Waals surface area contributed by atoms with E-state index in [4.69, 9.17) is 5.73 Å². The molecule has 3 aromatic rings. The molecule has 1 aliphatic heterocycles.